The predicted octanol–water partition coefficient (Wildman–Crippen LogP) is 4.48. The summed E-state index contributed by atoms with van der Waals surface area (Å²) in [4.78, 5) is 27.7. The fraction of sp³-hybridized carbons (Fsp3) is 0.680. The molecule has 2 unspecified atom stereocenters. The minimum absolute atomic E-state index is 0.0184. The highest BCUT2D eigenvalue weighted by Gasteiger charge is 2.37. The zero-order chi connectivity index (χ0) is 21.5. The molecule has 1 aliphatic heterocycles. The summed E-state index contributed by atoms with van der Waals surface area (Å²) in [7, 11) is 0. The average molecular weight is 415 g/mol. The van der Waals surface area contributed by atoms with Crippen LogP contribution in [-0.4, -0.2) is 41.4 Å². The quantitative estimate of drug-likeness (QED) is 0.682. The van der Waals surface area contributed by atoms with Crippen molar-refractivity contribution in [2.24, 2.45) is 5.92 Å². The molecule has 5 nitrogen and oxygen atoms in total. The summed E-state index contributed by atoms with van der Waals surface area (Å²) >= 11 is 0. The van der Waals surface area contributed by atoms with Gasteiger partial charge in [-0.15, -0.1) is 0 Å². The molecular weight excluding hydrogens is 376 g/mol. The van der Waals surface area contributed by atoms with Gasteiger partial charge in [0.05, 0.1) is 6.10 Å². The average Bonchev–Trinajstić information content (AvgIpc) is 3.23. The summed E-state index contributed by atoms with van der Waals surface area (Å²) < 4.78 is 5.69. The van der Waals surface area contributed by atoms with E-state index in [1.807, 2.05) is 30.9 Å². The summed E-state index contributed by atoms with van der Waals surface area (Å²) in [5, 5.41) is 3.16. The third-order valence-corrected chi connectivity index (χ3v) is 6.34. The van der Waals surface area contributed by atoms with Gasteiger partial charge in [-0.05, 0) is 77.0 Å². The molecule has 5 heteroatoms. The van der Waals surface area contributed by atoms with Crippen LogP contribution >= 0.6 is 0 Å². The van der Waals surface area contributed by atoms with E-state index in [9.17, 15) is 9.59 Å². The minimum atomic E-state index is -0.283. The second-order valence-corrected chi connectivity index (χ2v) is 9.28. The van der Waals surface area contributed by atoms with E-state index in [2.05, 4.69) is 24.4 Å². The van der Waals surface area contributed by atoms with Gasteiger partial charge in [0.15, 0.2) is 0 Å². The number of nitrogens with one attached hydrogen (secondary N) is 1. The Morgan fingerprint density at radius 2 is 1.73 bits per heavy atom. The Morgan fingerprint density at radius 1 is 1.03 bits per heavy atom. The SMILES string of the molecule is CC(CCc1ccc(OC(C)C)cc1)NC(=O)C1CCCN1C(=O)C1CCCCC1. The van der Waals surface area contributed by atoms with E-state index in [-0.39, 0.29) is 35.9 Å². The second kappa shape index (κ2) is 10.8. The fourth-order valence-electron chi connectivity index (χ4n) is 4.69. The van der Waals surface area contributed by atoms with Gasteiger partial charge in [-0.2, -0.15) is 0 Å². The highest BCUT2D eigenvalue weighted by molar-refractivity contribution is 5.89. The first-order valence-corrected chi connectivity index (χ1v) is 11.8. The lowest BCUT2D eigenvalue weighted by atomic mass is 9.88. The zero-order valence-electron chi connectivity index (χ0n) is 18.9. The molecule has 1 saturated carbocycles. The Morgan fingerprint density at radius 3 is 2.40 bits per heavy atom. The Kier molecular flexibility index (Phi) is 8.17. The molecule has 1 saturated heterocycles. The molecule has 0 spiro atoms. The minimum Gasteiger partial charge on any atom is -0.491 e. The monoisotopic (exact) mass is 414 g/mol. The number of benzene rings is 1. The molecule has 3 rings (SSSR count). The molecule has 2 fully saturated rings. The van der Waals surface area contributed by atoms with Crippen LogP contribution in [0.2, 0.25) is 0 Å². The van der Waals surface area contributed by atoms with E-state index in [0.717, 1.165) is 63.7 Å². The van der Waals surface area contributed by atoms with E-state index in [0.29, 0.717) is 0 Å². The lowest BCUT2D eigenvalue weighted by Crippen LogP contribution is -2.50. The van der Waals surface area contributed by atoms with E-state index >= 15 is 0 Å². The van der Waals surface area contributed by atoms with Crippen molar-refractivity contribution in [1.82, 2.24) is 10.2 Å². The molecule has 2 atom stereocenters. The molecular formula is C25H38N2O3. The molecule has 166 valence electrons. The maximum Gasteiger partial charge on any atom is 0.243 e. The number of hydrogen-bond donors (Lipinski definition) is 1. The molecule has 1 heterocycles. The van der Waals surface area contributed by atoms with Crippen molar-refractivity contribution in [3.63, 3.8) is 0 Å². The summed E-state index contributed by atoms with van der Waals surface area (Å²) in [5.74, 6) is 1.25. The number of likely N-dealkylation sites (tertiary alicyclic amines) is 1. The molecule has 1 aliphatic carbocycles. The Labute approximate surface area is 181 Å². The molecule has 1 aromatic carbocycles. The topological polar surface area (TPSA) is 58.6 Å². The summed E-state index contributed by atoms with van der Waals surface area (Å²) in [6.07, 6.45) is 9.15. The zero-order valence-corrected chi connectivity index (χ0v) is 18.9. The first-order valence-electron chi connectivity index (χ1n) is 11.8. The van der Waals surface area contributed by atoms with Crippen molar-refractivity contribution >= 4 is 11.8 Å². The van der Waals surface area contributed by atoms with E-state index in [1.165, 1.54) is 12.0 Å². The number of amides is 2. The van der Waals surface area contributed by atoms with Crippen LogP contribution in [-0.2, 0) is 16.0 Å². The highest BCUT2D eigenvalue weighted by Crippen LogP contribution is 2.29. The van der Waals surface area contributed by atoms with Gasteiger partial charge in [0.25, 0.3) is 0 Å². The van der Waals surface area contributed by atoms with E-state index < -0.39 is 0 Å². The molecule has 2 aliphatic rings. The number of aryl methyl sites for hydroxylation is 1. The van der Waals surface area contributed by atoms with Crippen molar-refractivity contribution in [3.05, 3.63) is 29.8 Å². The number of nitrogens with zero attached hydrogens (tertiary/aromatic N) is 1. The van der Waals surface area contributed by atoms with Crippen LogP contribution in [0, 0.1) is 5.92 Å². The van der Waals surface area contributed by atoms with E-state index in [4.69, 9.17) is 4.74 Å². The number of ether oxygens (including phenoxy) is 1. The van der Waals surface area contributed by atoms with Crippen LogP contribution in [0.5, 0.6) is 5.75 Å². The maximum atomic E-state index is 12.9. The first kappa shape index (κ1) is 22.6. The largest absolute Gasteiger partial charge is 0.491 e. The van der Waals surface area contributed by atoms with Gasteiger partial charge < -0.3 is 15.0 Å². The van der Waals surface area contributed by atoms with Crippen LogP contribution in [0.1, 0.15) is 77.7 Å². The van der Waals surface area contributed by atoms with Gasteiger partial charge in [0.2, 0.25) is 11.8 Å². The molecule has 1 aromatic rings. The Balaban J connectivity index is 1.46. The number of carbonyl (C=O) groups is 2. The Bertz CT molecular complexity index is 695. The summed E-state index contributed by atoms with van der Waals surface area (Å²) in [5.41, 5.74) is 1.24. The van der Waals surface area contributed by atoms with Gasteiger partial charge in [-0.25, -0.2) is 0 Å². The van der Waals surface area contributed by atoms with Gasteiger partial charge >= 0.3 is 0 Å². The fourth-order valence-corrected chi connectivity index (χ4v) is 4.69. The Hall–Kier alpha value is -2.04. The highest BCUT2D eigenvalue weighted by atomic mass is 16.5. The molecule has 0 radical (unpaired) electrons. The molecule has 1 N–H and O–H groups in total. The van der Waals surface area contributed by atoms with Crippen LogP contribution in [0.4, 0.5) is 0 Å². The van der Waals surface area contributed by atoms with Crippen molar-refractivity contribution in [2.45, 2.75) is 96.7 Å². The van der Waals surface area contributed by atoms with Crippen molar-refractivity contribution in [1.29, 1.82) is 0 Å². The van der Waals surface area contributed by atoms with Crippen molar-refractivity contribution < 1.29 is 14.3 Å². The van der Waals surface area contributed by atoms with Gasteiger partial charge in [-0.3, -0.25) is 9.59 Å². The summed E-state index contributed by atoms with van der Waals surface area (Å²) in [6.45, 7) is 6.82. The third kappa shape index (κ3) is 6.23. The predicted molar refractivity (Wildman–Crippen MR) is 119 cm³/mol. The number of carbonyl (C=O) groups excluding carboxylic acids is 2. The lowest BCUT2D eigenvalue weighted by molar-refractivity contribution is -0.142. The first-order chi connectivity index (χ1) is 14.4. The van der Waals surface area contributed by atoms with Gasteiger partial charge in [-0.1, -0.05) is 31.4 Å². The van der Waals surface area contributed by atoms with Crippen molar-refractivity contribution in [2.75, 3.05) is 6.54 Å². The molecule has 2 amide bonds. The van der Waals surface area contributed by atoms with E-state index in [1.54, 1.807) is 0 Å². The van der Waals surface area contributed by atoms with Gasteiger partial charge in [0, 0.05) is 18.5 Å². The van der Waals surface area contributed by atoms with Crippen molar-refractivity contribution in [3.8, 4) is 5.75 Å². The molecule has 30 heavy (non-hydrogen) atoms. The standard InChI is InChI=1S/C25H38N2O3/c1-18(2)30-22-15-13-20(14-16-22)12-11-19(3)26-24(28)23-10-7-17-27(23)25(29)21-8-5-4-6-9-21/h13-16,18-19,21,23H,4-12,17H2,1-3H3,(H,26,28). The van der Waals surface area contributed by atoms with Crippen LogP contribution in [0.3, 0.4) is 0 Å². The van der Waals surface area contributed by atoms with Crippen LogP contribution in [0.15, 0.2) is 24.3 Å². The third-order valence-electron chi connectivity index (χ3n) is 6.34. The normalized spacial score (nSPS) is 20.9. The smallest absolute Gasteiger partial charge is 0.243 e. The summed E-state index contributed by atoms with van der Waals surface area (Å²) in [6, 6.07) is 7.99. The maximum absolute atomic E-state index is 12.9. The number of rotatable bonds is 8. The van der Waals surface area contributed by atoms with Crippen LogP contribution in [0.25, 0.3) is 0 Å². The second-order valence-electron chi connectivity index (χ2n) is 9.28. The molecule has 0 bridgehead atoms. The van der Waals surface area contributed by atoms with Crippen LogP contribution < -0.4 is 10.1 Å². The molecule has 0 aromatic heterocycles. The lowest BCUT2D eigenvalue weighted by Gasteiger charge is -2.30. The van der Waals surface area contributed by atoms with Gasteiger partial charge in [0.1, 0.15) is 11.8 Å². The number of hydrogen-bond acceptors (Lipinski definition) is 3.